The van der Waals surface area contributed by atoms with Gasteiger partial charge in [-0.2, -0.15) is 87.4 Å². The maximum Gasteiger partial charge on any atom is 1.00 e. The molecule has 0 saturated carbocycles. The van der Waals surface area contributed by atoms with E-state index >= 15 is 0 Å². The van der Waals surface area contributed by atoms with Crippen molar-refractivity contribution < 1.29 is 155 Å². The van der Waals surface area contributed by atoms with Crippen molar-refractivity contribution >= 4 is 22.1 Å². The van der Waals surface area contributed by atoms with Crippen molar-refractivity contribution in [3.8, 4) is 0 Å². The maximum absolute atomic E-state index is 13.4. The molecule has 0 spiro atoms. The standard InChI is InChI=1S/C20H20F18O10S.Na/c21-13(22,15(25,26)17(29,30)19(33,34)35)1-3-44-5-7-46-11(39)9-10(49(42,43)48-41)12(40)47-8-6-45-4-2-14(23,24)16(27,28)18(31,32)20(36,37)38;/h10,41H,1-9H2;/q;+1/p-1. The monoisotopic (exact) mass is 816 g/mol. The van der Waals surface area contributed by atoms with Crippen LogP contribution in [0.1, 0.15) is 19.3 Å². The van der Waals surface area contributed by atoms with E-state index in [1.807, 2.05) is 0 Å². The zero-order chi connectivity index (χ0) is 39.1. The van der Waals surface area contributed by atoms with Crippen molar-refractivity contribution in [2.45, 2.75) is 72.4 Å². The van der Waals surface area contributed by atoms with Crippen LogP contribution in [-0.2, 0) is 43.0 Å². The molecule has 30 heteroatoms. The van der Waals surface area contributed by atoms with Crippen LogP contribution in [0.4, 0.5) is 79.0 Å². The second-order valence-corrected chi connectivity index (χ2v) is 10.8. The molecule has 0 N–H and O–H groups in total. The van der Waals surface area contributed by atoms with Crippen molar-refractivity contribution in [2.75, 3.05) is 39.6 Å². The van der Waals surface area contributed by atoms with Gasteiger partial charge in [0.1, 0.15) is 13.2 Å². The van der Waals surface area contributed by atoms with Crippen LogP contribution in [0.5, 0.6) is 0 Å². The normalized spacial score (nSPS) is 14.9. The number of alkyl halides is 18. The van der Waals surface area contributed by atoms with Crippen molar-refractivity contribution in [1.29, 1.82) is 0 Å². The molecule has 0 fully saturated rings. The first-order valence-electron chi connectivity index (χ1n) is 12.1. The molecule has 0 radical (unpaired) electrons. The molecule has 0 aromatic carbocycles. The molecule has 0 amide bonds. The Hall–Kier alpha value is -1.53. The van der Waals surface area contributed by atoms with Gasteiger partial charge < -0.3 is 28.5 Å². The average molecular weight is 816 g/mol. The molecule has 0 rings (SSSR count). The third-order valence-corrected chi connectivity index (χ3v) is 6.81. The Balaban J connectivity index is 0. The number of carbonyl (C=O) groups is 2. The van der Waals surface area contributed by atoms with Crippen LogP contribution < -0.4 is 34.8 Å². The molecule has 0 aromatic heterocycles. The van der Waals surface area contributed by atoms with E-state index in [1.165, 1.54) is 0 Å². The van der Waals surface area contributed by atoms with E-state index < -0.39 is 134 Å². The molecule has 50 heavy (non-hydrogen) atoms. The molecule has 0 aliphatic carbocycles. The predicted octanol–water partition coefficient (Wildman–Crippen LogP) is 1.21. The van der Waals surface area contributed by atoms with Gasteiger partial charge in [0.15, 0.2) is 5.25 Å². The van der Waals surface area contributed by atoms with Crippen molar-refractivity contribution in [3.63, 3.8) is 0 Å². The molecule has 0 aliphatic heterocycles. The molecule has 0 heterocycles. The minimum absolute atomic E-state index is 0. The number of hydrogen-bond donors (Lipinski definition) is 0. The molecule has 0 aliphatic rings. The van der Waals surface area contributed by atoms with Crippen LogP contribution in [0, 0.1) is 0 Å². The zero-order valence-electron chi connectivity index (χ0n) is 24.2. The van der Waals surface area contributed by atoms with Crippen LogP contribution in [0.25, 0.3) is 0 Å². The van der Waals surface area contributed by atoms with Crippen molar-refractivity contribution in [1.82, 2.24) is 0 Å². The van der Waals surface area contributed by atoms with Crippen LogP contribution >= 0.6 is 0 Å². The number of esters is 2. The van der Waals surface area contributed by atoms with E-state index in [9.17, 15) is 102 Å². The quantitative estimate of drug-likeness (QED) is 0.0416. The van der Waals surface area contributed by atoms with Gasteiger partial charge in [-0.25, -0.2) is 0 Å². The summed E-state index contributed by atoms with van der Waals surface area (Å²) in [6, 6.07) is 0. The zero-order valence-corrected chi connectivity index (χ0v) is 27.1. The maximum atomic E-state index is 13.4. The molecular formula is C20H19F18NaO10S. The van der Waals surface area contributed by atoms with Gasteiger partial charge in [-0.15, -0.1) is 0 Å². The molecule has 10 nitrogen and oxygen atoms in total. The fourth-order valence-corrected chi connectivity index (χ4v) is 3.54. The fourth-order valence-electron chi connectivity index (χ4n) is 2.80. The van der Waals surface area contributed by atoms with Gasteiger partial charge in [-0.1, -0.05) is 0 Å². The van der Waals surface area contributed by atoms with Crippen LogP contribution in [0.2, 0.25) is 0 Å². The summed E-state index contributed by atoms with van der Waals surface area (Å²) >= 11 is 0. The summed E-state index contributed by atoms with van der Waals surface area (Å²) in [6.07, 6.45) is -20.7. The Bertz CT molecular complexity index is 1210. The first-order valence-corrected chi connectivity index (χ1v) is 13.6. The molecular weight excluding hydrogens is 797 g/mol. The van der Waals surface area contributed by atoms with Crippen molar-refractivity contribution in [2.24, 2.45) is 0 Å². The van der Waals surface area contributed by atoms with E-state index in [4.69, 9.17) is 0 Å². The van der Waals surface area contributed by atoms with Gasteiger partial charge in [0.05, 0.1) is 32.8 Å². The summed E-state index contributed by atoms with van der Waals surface area (Å²) in [5.74, 6) is -44.1. The second kappa shape index (κ2) is 18.0. The third kappa shape index (κ3) is 12.0. The first-order chi connectivity index (χ1) is 21.7. The van der Waals surface area contributed by atoms with E-state index in [0.717, 1.165) is 0 Å². The number of halogens is 18. The Morgan fingerprint density at radius 1 is 0.540 bits per heavy atom. The molecule has 1 atom stereocenters. The van der Waals surface area contributed by atoms with Crippen LogP contribution in [-0.4, -0.2) is 113 Å². The van der Waals surface area contributed by atoms with Gasteiger partial charge in [0.25, 0.3) is 10.1 Å². The molecule has 0 saturated heterocycles. The van der Waals surface area contributed by atoms with Gasteiger partial charge in [0.2, 0.25) is 0 Å². The predicted molar refractivity (Wildman–Crippen MR) is 113 cm³/mol. The summed E-state index contributed by atoms with van der Waals surface area (Å²) in [5, 5.41) is 7.52. The van der Waals surface area contributed by atoms with Gasteiger partial charge >= 0.3 is 89.4 Å². The first kappa shape index (κ1) is 50.6. The minimum Gasteiger partial charge on any atom is -0.707 e. The topological polar surface area (TPSA) is 137 Å². The summed E-state index contributed by atoms with van der Waals surface area (Å²) in [4.78, 5) is 23.7. The minimum atomic E-state index is -7.18. The van der Waals surface area contributed by atoms with Gasteiger partial charge in [0, 0.05) is 12.8 Å². The van der Waals surface area contributed by atoms with E-state index in [1.54, 1.807) is 0 Å². The molecule has 0 bridgehead atoms. The SMILES string of the molecule is O=C(CC(C(=O)OCCOCCC(F)(F)C(F)(F)C(F)(F)C(F)(F)F)S(=O)(=O)O[O-])OCCOCCC(F)(F)C(F)(F)C(F)(F)C(F)(F)F.[Na+]. The van der Waals surface area contributed by atoms with E-state index in [0.29, 0.717) is 0 Å². The third-order valence-electron chi connectivity index (χ3n) is 5.56. The number of carbonyl (C=O) groups excluding carboxylic acids is 2. The summed E-state index contributed by atoms with van der Waals surface area (Å²) in [5.41, 5.74) is 0. The Morgan fingerprint density at radius 2 is 0.880 bits per heavy atom. The van der Waals surface area contributed by atoms with E-state index in [2.05, 4.69) is 23.3 Å². The van der Waals surface area contributed by atoms with Crippen LogP contribution in [0.15, 0.2) is 0 Å². The molecule has 0 aromatic rings. The molecule has 1 unspecified atom stereocenters. The molecule has 292 valence electrons. The van der Waals surface area contributed by atoms with Crippen molar-refractivity contribution in [3.05, 3.63) is 0 Å². The largest absolute Gasteiger partial charge is 1.00 e. The van der Waals surface area contributed by atoms with Gasteiger partial charge in [-0.05, 0) is 0 Å². The average Bonchev–Trinajstić information content (AvgIpc) is 2.93. The number of hydrogen-bond acceptors (Lipinski definition) is 10. The summed E-state index contributed by atoms with van der Waals surface area (Å²) in [7, 11) is -5.60. The van der Waals surface area contributed by atoms with Crippen LogP contribution in [0.3, 0.4) is 0 Å². The van der Waals surface area contributed by atoms with Gasteiger partial charge in [-0.3, -0.25) is 9.59 Å². The Kier molecular flexibility index (Phi) is 18.2. The Morgan fingerprint density at radius 3 is 1.20 bits per heavy atom. The summed E-state index contributed by atoms with van der Waals surface area (Å²) < 4.78 is 273. The van der Waals surface area contributed by atoms with E-state index in [-0.39, 0.29) is 29.6 Å². The fraction of sp³-hybridized carbons (Fsp3) is 0.900. The Labute approximate surface area is 289 Å². The number of rotatable bonds is 21. The second-order valence-electron chi connectivity index (χ2n) is 9.07. The number of ether oxygens (including phenoxy) is 4. The summed E-state index contributed by atoms with van der Waals surface area (Å²) in [6.45, 7) is -7.98. The smallest absolute Gasteiger partial charge is 0.707 e.